The summed E-state index contributed by atoms with van der Waals surface area (Å²) in [6, 6.07) is -0.569. The van der Waals surface area contributed by atoms with Crippen LogP contribution in [0.15, 0.2) is 11.4 Å². The van der Waals surface area contributed by atoms with Crippen LogP contribution < -0.4 is 11.1 Å². The first kappa shape index (κ1) is 14.2. The molecule has 1 unspecified atom stereocenters. The number of unbranched alkanes of at least 4 members (excludes halogenated alkanes) is 2. The van der Waals surface area contributed by atoms with Gasteiger partial charge in [0.05, 0.1) is 5.70 Å². The van der Waals surface area contributed by atoms with Crippen LogP contribution in [0.4, 0.5) is 0 Å². The van der Waals surface area contributed by atoms with Crippen molar-refractivity contribution in [1.29, 1.82) is 0 Å². The van der Waals surface area contributed by atoms with E-state index in [1.54, 1.807) is 0 Å². The molecule has 2 heterocycles. The molecule has 2 aliphatic rings. The first-order valence-corrected chi connectivity index (χ1v) is 7.53. The zero-order valence-corrected chi connectivity index (χ0v) is 11.7. The Morgan fingerprint density at radius 3 is 2.95 bits per heavy atom. The van der Waals surface area contributed by atoms with Crippen molar-refractivity contribution in [3.63, 3.8) is 0 Å². The van der Waals surface area contributed by atoms with Crippen molar-refractivity contribution in [3.05, 3.63) is 11.4 Å². The molecule has 0 radical (unpaired) electrons. The lowest BCUT2D eigenvalue weighted by atomic mass is 10.1. The number of aliphatic carboxylic acids is 1. The minimum atomic E-state index is -1.07. The van der Waals surface area contributed by atoms with Gasteiger partial charge >= 0.3 is 5.97 Å². The third-order valence-corrected chi connectivity index (χ3v) is 4.63. The quantitative estimate of drug-likeness (QED) is 0.480. The molecule has 0 spiro atoms. The number of carbonyl (C=O) groups is 2. The van der Waals surface area contributed by atoms with E-state index in [1.807, 2.05) is 0 Å². The van der Waals surface area contributed by atoms with Crippen molar-refractivity contribution in [3.8, 4) is 0 Å². The van der Waals surface area contributed by atoms with Crippen LogP contribution in [0.1, 0.15) is 26.2 Å². The minimum Gasteiger partial charge on any atom is -0.477 e. The van der Waals surface area contributed by atoms with Gasteiger partial charge in [-0.3, -0.25) is 9.69 Å². The highest BCUT2D eigenvalue weighted by atomic mass is 32.2. The predicted molar refractivity (Wildman–Crippen MR) is 73.3 cm³/mol. The Morgan fingerprint density at radius 2 is 2.32 bits per heavy atom. The van der Waals surface area contributed by atoms with E-state index in [4.69, 9.17) is 5.73 Å². The van der Waals surface area contributed by atoms with E-state index in [9.17, 15) is 14.7 Å². The van der Waals surface area contributed by atoms with Crippen molar-refractivity contribution >= 4 is 23.6 Å². The van der Waals surface area contributed by atoms with Gasteiger partial charge in [0.25, 0.3) is 0 Å². The van der Waals surface area contributed by atoms with Crippen LogP contribution >= 0.6 is 11.8 Å². The molecule has 7 heteroatoms. The first-order valence-electron chi connectivity index (χ1n) is 6.48. The van der Waals surface area contributed by atoms with E-state index >= 15 is 0 Å². The molecule has 2 rings (SSSR count). The van der Waals surface area contributed by atoms with Gasteiger partial charge < -0.3 is 16.2 Å². The first-order chi connectivity index (χ1) is 9.07. The smallest absolute Gasteiger partial charge is 0.354 e. The van der Waals surface area contributed by atoms with E-state index < -0.39 is 12.0 Å². The maximum absolute atomic E-state index is 11.7. The molecule has 0 saturated carbocycles. The molecule has 0 aromatic heterocycles. The van der Waals surface area contributed by atoms with Gasteiger partial charge in [-0.25, -0.2) is 4.79 Å². The third-order valence-electron chi connectivity index (χ3n) is 3.33. The number of nitrogens with two attached hydrogens (primary N) is 1. The van der Waals surface area contributed by atoms with Crippen LogP contribution in [0.2, 0.25) is 0 Å². The fourth-order valence-electron chi connectivity index (χ4n) is 2.27. The van der Waals surface area contributed by atoms with Crippen LogP contribution in [-0.4, -0.2) is 45.6 Å². The maximum Gasteiger partial charge on any atom is 0.354 e. The van der Waals surface area contributed by atoms with Gasteiger partial charge in [-0.2, -0.15) is 0 Å². The van der Waals surface area contributed by atoms with Crippen LogP contribution in [0.5, 0.6) is 0 Å². The normalized spacial score (nSPS) is 26.0. The average Bonchev–Trinajstić information content (AvgIpc) is 2.41. The van der Waals surface area contributed by atoms with Gasteiger partial charge in [-0.15, -0.1) is 11.8 Å². The molecule has 2 atom stereocenters. The second-order valence-electron chi connectivity index (χ2n) is 4.70. The number of β-lactam (4-membered cyclic amide) rings is 1. The molecule has 6 nitrogen and oxygen atoms in total. The monoisotopic (exact) mass is 285 g/mol. The van der Waals surface area contributed by atoms with Gasteiger partial charge in [0.1, 0.15) is 11.4 Å². The number of carbonyl (C=O) groups excluding carboxylic acids is 1. The zero-order chi connectivity index (χ0) is 14.0. The molecule has 106 valence electrons. The zero-order valence-electron chi connectivity index (χ0n) is 10.9. The molecule has 0 bridgehead atoms. The number of nitrogens with zero attached hydrogens (tertiary/aromatic N) is 1. The van der Waals surface area contributed by atoms with Crippen molar-refractivity contribution in [1.82, 2.24) is 10.2 Å². The average molecular weight is 285 g/mol. The molecule has 1 fully saturated rings. The standard InChI is InChI=1S/C12H19N3O3S/c1-2-3-4-5-14-7-6-19-11-8(13)10(16)15(11)9(7)12(17)18/h8,11,14H,2-6,13H2,1H3,(H,17,18)/t8?,11-/m1/s1. The van der Waals surface area contributed by atoms with Crippen LogP contribution in [-0.2, 0) is 9.59 Å². The molecule has 0 aromatic rings. The molecule has 4 N–H and O–H groups in total. The van der Waals surface area contributed by atoms with Crippen molar-refractivity contribution in [2.24, 2.45) is 5.73 Å². The molecule has 1 amide bonds. The lowest BCUT2D eigenvalue weighted by Crippen LogP contribution is -2.68. The Hall–Kier alpha value is -1.21. The summed E-state index contributed by atoms with van der Waals surface area (Å²) < 4.78 is 0. The van der Waals surface area contributed by atoms with E-state index in [0.29, 0.717) is 11.4 Å². The Morgan fingerprint density at radius 1 is 1.58 bits per heavy atom. The topological polar surface area (TPSA) is 95.7 Å². The summed E-state index contributed by atoms with van der Waals surface area (Å²) in [6.45, 7) is 2.85. The molecule has 1 saturated heterocycles. The van der Waals surface area contributed by atoms with Crippen molar-refractivity contribution < 1.29 is 14.7 Å². The number of nitrogens with one attached hydrogen (secondary N) is 1. The van der Waals surface area contributed by atoms with Gasteiger partial charge in [0, 0.05) is 12.3 Å². The fraction of sp³-hybridized carbons (Fsp3) is 0.667. The predicted octanol–water partition coefficient (Wildman–Crippen LogP) is 0.305. The molecule has 2 aliphatic heterocycles. The Bertz CT molecular complexity index is 424. The van der Waals surface area contributed by atoms with E-state index in [2.05, 4.69) is 12.2 Å². The van der Waals surface area contributed by atoms with Gasteiger partial charge in [0.15, 0.2) is 5.70 Å². The van der Waals surface area contributed by atoms with Crippen LogP contribution in [0, 0.1) is 0 Å². The van der Waals surface area contributed by atoms with Crippen molar-refractivity contribution in [2.45, 2.75) is 37.6 Å². The molecular formula is C12H19N3O3S. The number of thioether (sulfide) groups is 1. The number of hydrogen-bond acceptors (Lipinski definition) is 5. The summed E-state index contributed by atoms with van der Waals surface area (Å²) >= 11 is 1.51. The Labute approximate surface area is 116 Å². The molecule has 0 aromatic carbocycles. The molecular weight excluding hydrogens is 266 g/mol. The summed E-state index contributed by atoms with van der Waals surface area (Å²) in [6.07, 6.45) is 3.21. The number of amides is 1. The number of fused-ring (bicyclic) bond motifs is 1. The van der Waals surface area contributed by atoms with Crippen molar-refractivity contribution in [2.75, 3.05) is 12.3 Å². The number of rotatable bonds is 6. The van der Waals surface area contributed by atoms with Crippen LogP contribution in [0.3, 0.4) is 0 Å². The maximum atomic E-state index is 11.7. The highest BCUT2D eigenvalue weighted by Gasteiger charge is 2.51. The second kappa shape index (κ2) is 5.83. The fourth-order valence-corrected chi connectivity index (χ4v) is 3.52. The SMILES string of the molecule is CCCCCNC1=C(C(=O)O)N2C(=O)C(N)[C@H]2SC1. The summed E-state index contributed by atoms with van der Waals surface area (Å²) in [5.41, 5.74) is 6.38. The molecule has 19 heavy (non-hydrogen) atoms. The van der Waals surface area contributed by atoms with E-state index in [0.717, 1.165) is 25.8 Å². The van der Waals surface area contributed by atoms with E-state index in [-0.39, 0.29) is 17.0 Å². The summed E-state index contributed by atoms with van der Waals surface area (Å²) in [5.74, 6) is -0.804. The third kappa shape index (κ3) is 2.57. The minimum absolute atomic E-state index is 0.0759. The Kier molecular flexibility index (Phi) is 4.36. The van der Waals surface area contributed by atoms with Gasteiger partial charge in [0.2, 0.25) is 5.91 Å². The number of carboxylic acids is 1. The summed E-state index contributed by atoms with van der Waals surface area (Å²) in [4.78, 5) is 24.4. The number of hydrogen-bond donors (Lipinski definition) is 3. The summed E-state index contributed by atoms with van der Waals surface area (Å²) in [5, 5.41) is 12.2. The largest absolute Gasteiger partial charge is 0.477 e. The summed E-state index contributed by atoms with van der Waals surface area (Å²) in [7, 11) is 0. The van der Waals surface area contributed by atoms with E-state index in [1.165, 1.54) is 16.7 Å². The lowest BCUT2D eigenvalue weighted by Gasteiger charge is -2.47. The number of carboxylic acid groups (broad SMARTS) is 1. The van der Waals surface area contributed by atoms with Gasteiger partial charge in [-0.05, 0) is 6.42 Å². The highest BCUT2D eigenvalue weighted by molar-refractivity contribution is 8.00. The highest BCUT2D eigenvalue weighted by Crippen LogP contribution is 2.38. The second-order valence-corrected chi connectivity index (χ2v) is 5.81. The lowest BCUT2D eigenvalue weighted by molar-refractivity contribution is -0.148. The van der Waals surface area contributed by atoms with Crippen LogP contribution in [0.25, 0.3) is 0 Å². The molecule has 0 aliphatic carbocycles. The van der Waals surface area contributed by atoms with Gasteiger partial charge in [-0.1, -0.05) is 19.8 Å². The Balaban J connectivity index is 2.09.